The van der Waals surface area contributed by atoms with Crippen molar-refractivity contribution in [2.24, 2.45) is 5.73 Å². The van der Waals surface area contributed by atoms with Crippen molar-refractivity contribution >= 4 is 23.4 Å². The molecule has 0 spiro atoms. The highest BCUT2D eigenvalue weighted by atomic mass is 32.2. The smallest absolute Gasteiger partial charge is 0.253 e. The van der Waals surface area contributed by atoms with Gasteiger partial charge in [0.1, 0.15) is 6.10 Å². The first-order chi connectivity index (χ1) is 11.7. The first kappa shape index (κ1) is 17.7. The van der Waals surface area contributed by atoms with Crippen LogP contribution in [-0.2, 0) is 16.1 Å². The molecule has 2 aliphatic rings. The number of carbonyl (C=O) groups is 1. The molecule has 0 aliphatic carbocycles. The topological polar surface area (TPSA) is 67.6 Å². The molecule has 2 atom stereocenters. The highest BCUT2D eigenvalue weighted by Crippen LogP contribution is 2.23. The quantitative estimate of drug-likeness (QED) is 0.851. The number of ether oxygens (including phenoxy) is 1. The van der Waals surface area contributed by atoms with Crippen molar-refractivity contribution in [2.75, 3.05) is 36.5 Å². The third-order valence-corrected chi connectivity index (χ3v) is 5.66. The second-order valence-electron chi connectivity index (χ2n) is 6.59. The number of thioether (sulfide) groups is 1. The molecule has 0 saturated carbocycles. The van der Waals surface area contributed by atoms with Gasteiger partial charge in [-0.3, -0.25) is 9.69 Å². The summed E-state index contributed by atoms with van der Waals surface area (Å²) in [6.07, 6.45) is 1.26. The van der Waals surface area contributed by atoms with Crippen molar-refractivity contribution in [3.8, 4) is 0 Å². The average molecular weight is 350 g/mol. The maximum absolute atomic E-state index is 12.3. The Morgan fingerprint density at radius 3 is 2.83 bits per heavy atom. The van der Waals surface area contributed by atoms with E-state index < -0.39 is 0 Å². The molecule has 3 rings (SSSR count). The fourth-order valence-electron chi connectivity index (χ4n) is 3.27. The van der Waals surface area contributed by atoms with Gasteiger partial charge in [-0.2, -0.15) is 11.8 Å². The monoisotopic (exact) mass is 349 g/mol. The number of carbonyl (C=O) groups excluding carboxylic acids is 1. The molecular weight excluding hydrogens is 322 g/mol. The number of hydrogen-bond donors (Lipinski definition) is 2. The number of nitrogens with one attached hydrogen (secondary N) is 1. The number of anilines is 1. The van der Waals surface area contributed by atoms with Gasteiger partial charge in [-0.25, -0.2) is 0 Å². The molecule has 2 aliphatic heterocycles. The van der Waals surface area contributed by atoms with E-state index in [1.807, 2.05) is 24.8 Å². The molecule has 2 saturated heterocycles. The van der Waals surface area contributed by atoms with Gasteiger partial charge in [0.2, 0.25) is 0 Å². The lowest BCUT2D eigenvalue weighted by molar-refractivity contribution is -0.126. The van der Waals surface area contributed by atoms with Crippen LogP contribution in [0.5, 0.6) is 0 Å². The number of benzene rings is 1. The van der Waals surface area contributed by atoms with Crippen LogP contribution in [0.25, 0.3) is 0 Å². The van der Waals surface area contributed by atoms with Crippen molar-refractivity contribution in [3.63, 3.8) is 0 Å². The number of nitrogens with two attached hydrogens (primary N) is 1. The van der Waals surface area contributed by atoms with Crippen LogP contribution in [0.2, 0.25) is 0 Å². The van der Waals surface area contributed by atoms with Crippen molar-refractivity contribution < 1.29 is 9.53 Å². The Bertz CT molecular complexity index is 575. The molecule has 5 nitrogen and oxygen atoms in total. The van der Waals surface area contributed by atoms with Crippen LogP contribution in [0, 0.1) is 6.92 Å². The van der Waals surface area contributed by atoms with E-state index >= 15 is 0 Å². The summed E-state index contributed by atoms with van der Waals surface area (Å²) >= 11 is 2.03. The second-order valence-corrected chi connectivity index (χ2v) is 7.81. The molecular formula is C18H27N3O2S. The minimum Gasteiger partial charge on any atom is -0.364 e. The summed E-state index contributed by atoms with van der Waals surface area (Å²) in [5.41, 5.74) is 8.88. The van der Waals surface area contributed by atoms with Gasteiger partial charge in [0.25, 0.3) is 5.91 Å². The molecule has 0 radical (unpaired) electrons. The maximum Gasteiger partial charge on any atom is 0.253 e. The van der Waals surface area contributed by atoms with Crippen molar-refractivity contribution in [2.45, 2.75) is 38.5 Å². The summed E-state index contributed by atoms with van der Waals surface area (Å²) in [6.45, 7) is 5.82. The number of hydrogen-bond acceptors (Lipinski definition) is 5. The third kappa shape index (κ3) is 4.51. The molecule has 1 aromatic rings. The molecule has 0 aromatic heterocycles. The zero-order valence-corrected chi connectivity index (χ0v) is 15.1. The normalized spacial score (nSPS) is 24.9. The predicted molar refractivity (Wildman–Crippen MR) is 99.4 cm³/mol. The number of amides is 1. The lowest BCUT2D eigenvalue weighted by Crippen LogP contribution is -2.32. The van der Waals surface area contributed by atoms with E-state index in [0.29, 0.717) is 6.54 Å². The summed E-state index contributed by atoms with van der Waals surface area (Å²) in [4.78, 5) is 14.8. The van der Waals surface area contributed by atoms with Gasteiger partial charge >= 0.3 is 0 Å². The number of nitrogens with zero attached hydrogens (tertiary/aromatic N) is 1. The van der Waals surface area contributed by atoms with Gasteiger partial charge in [0, 0.05) is 43.4 Å². The van der Waals surface area contributed by atoms with Crippen LogP contribution in [0.3, 0.4) is 0 Å². The molecule has 6 heteroatoms. The Hall–Kier alpha value is -1.08. The van der Waals surface area contributed by atoms with Gasteiger partial charge in [0.15, 0.2) is 0 Å². The fourth-order valence-corrected chi connectivity index (χ4v) is 4.25. The van der Waals surface area contributed by atoms with Crippen LogP contribution in [0.1, 0.15) is 24.0 Å². The van der Waals surface area contributed by atoms with Crippen LogP contribution in [-0.4, -0.2) is 54.2 Å². The average Bonchev–Trinajstić information content (AvgIpc) is 3.07. The number of rotatable bonds is 5. The molecule has 1 aromatic carbocycles. The Kier molecular flexibility index (Phi) is 6.16. The van der Waals surface area contributed by atoms with E-state index in [4.69, 9.17) is 10.5 Å². The minimum atomic E-state index is -0.372. The van der Waals surface area contributed by atoms with E-state index in [1.54, 1.807) is 0 Å². The van der Waals surface area contributed by atoms with E-state index in [2.05, 4.69) is 22.3 Å². The molecule has 2 heterocycles. The van der Waals surface area contributed by atoms with Gasteiger partial charge in [0.05, 0.1) is 6.10 Å². The zero-order valence-electron chi connectivity index (χ0n) is 14.3. The Morgan fingerprint density at radius 2 is 2.17 bits per heavy atom. The van der Waals surface area contributed by atoms with E-state index in [1.165, 1.54) is 17.1 Å². The van der Waals surface area contributed by atoms with Gasteiger partial charge in [-0.05, 0) is 37.0 Å². The summed E-state index contributed by atoms with van der Waals surface area (Å²) < 4.78 is 5.66. The molecule has 132 valence electrons. The third-order valence-electron chi connectivity index (χ3n) is 4.72. The van der Waals surface area contributed by atoms with E-state index in [-0.39, 0.29) is 18.1 Å². The van der Waals surface area contributed by atoms with Crippen molar-refractivity contribution in [3.05, 3.63) is 29.3 Å². The SMILES string of the molecule is Cc1cc(CN2CCSCC2)ccc1NC(=O)[C@@H]1CC[C@H](CN)O1. The second kappa shape index (κ2) is 8.34. The predicted octanol–water partition coefficient (Wildman–Crippen LogP) is 1.99. The summed E-state index contributed by atoms with van der Waals surface area (Å²) in [5.74, 6) is 2.38. The molecule has 24 heavy (non-hydrogen) atoms. The van der Waals surface area contributed by atoms with Crippen LogP contribution < -0.4 is 11.1 Å². The Balaban J connectivity index is 1.57. The van der Waals surface area contributed by atoms with E-state index in [0.717, 1.165) is 43.7 Å². The molecule has 1 amide bonds. The van der Waals surface area contributed by atoms with Gasteiger partial charge in [-0.1, -0.05) is 12.1 Å². The fraction of sp³-hybridized carbons (Fsp3) is 0.611. The summed E-state index contributed by atoms with van der Waals surface area (Å²) in [6, 6.07) is 6.30. The zero-order chi connectivity index (χ0) is 16.9. The molecule has 0 unspecified atom stereocenters. The molecule has 0 bridgehead atoms. The Labute approximate surface area is 148 Å². The number of aryl methyl sites for hydroxylation is 1. The first-order valence-electron chi connectivity index (χ1n) is 8.71. The van der Waals surface area contributed by atoms with Crippen LogP contribution in [0.4, 0.5) is 5.69 Å². The van der Waals surface area contributed by atoms with Gasteiger partial charge in [-0.15, -0.1) is 0 Å². The Morgan fingerprint density at radius 1 is 1.38 bits per heavy atom. The molecule has 3 N–H and O–H groups in total. The highest BCUT2D eigenvalue weighted by Gasteiger charge is 2.30. The maximum atomic E-state index is 12.3. The van der Waals surface area contributed by atoms with Crippen molar-refractivity contribution in [1.29, 1.82) is 0 Å². The van der Waals surface area contributed by atoms with Crippen LogP contribution >= 0.6 is 11.8 Å². The van der Waals surface area contributed by atoms with Gasteiger partial charge < -0.3 is 15.8 Å². The standard InChI is InChI=1S/C18H27N3O2S/c1-13-10-14(12-21-6-8-24-9-7-21)2-4-16(13)20-18(22)17-5-3-15(11-19)23-17/h2,4,10,15,17H,3,5-9,11-12,19H2,1H3,(H,20,22)/t15-,17+/m1/s1. The highest BCUT2D eigenvalue weighted by molar-refractivity contribution is 7.99. The molecule has 2 fully saturated rings. The largest absolute Gasteiger partial charge is 0.364 e. The lowest BCUT2D eigenvalue weighted by atomic mass is 10.1. The summed E-state index contributed by atoms with van der Waals surface area (Å²) in [7, 11) is 0. The lowest BCUT2D eigenvalue weighted by Gasteiger charge is -2.26. The minimum absolute atomic E-state index is 0.0203. The van der Waals surface area contributed by atoms with E-state index in [9.17, 15) is 4.79 Å². The van der Waals surface area contributed by atoms with Crippen LogP contribution in [0.15, 0.2) is 18.2 Å². The first-order valence-corrected chi connectivity index (χ1v) is 9.87. The van der Waals surface area contributed by atoms with Crippen molar-refractivity contribution in [1.82, 2.24) is 4.90 Å². The summed E-state index contributed by atoms with van der Waals surface area (Å²) in [5, 5.41) is 3.01.